The molecule has 116 valence electrons. The molecule has 0 aliphatic heterocycles. The van der Waals surface area contributed by atoms with Crippen molar-refractivity contribution in [1.82, 2.24) is 5.32 Å². The highest BCUT2D eigenvalue weighted by molar-refractivity contribution is 5.81. The number of anilines is 1. The number of amides is 1. The van der Waals surface area contributed by atoms with Crippen molar-refractivity contribution in [3.05, 3.63) is 65.2 Å². The topological polar surface area (TPSA) is 41.1 Å². The number of aryl methyl sites for hydroxylation is 1. The highest BCUT2D eigenvalue weighted by atomic mass is 19.1. The summed E-state index contributed by atoms with van der Waals surface area (Å²) in [6.45, 7) is 3.53. The summed E-state index contributed by atoms with van der Waals surface area (Å²) in [5.74, 6) is -0.853. The Hall–Kier alpha value is -2.43. The number of nitrogens with one attached hydrogen (secondary N) is 2. The second-order valence-electron chi connectivity index (χ2n) is 5.16. The van der Waals surface area contributed by atoms with Crippen molar-refractivity contribution >= 4 is 11.6 Å². The van der Waals surface area contributed by atoms with E-state index in [4.69, 9.17) is 0 Å². The summed E-state index contributed by atoms with van der Waals surface area (Å²) in [7, 11) is 0. The van der Waals surface area contributed by atoms with Crippen LogP contribution in [0.2, 0.25) is 0 Å². The standard InChI is InChI=1S/C17H18F2N2O/c1-11-3-8-15(9-16(11)19)20-10-17(22)21-12(2)13-4-6-14(18)7-5-13/h3-9,12,20H,10H2,1-2H3,(H,21,22). The molecule has 2 N–H and O–H groups in total. The van der Waals surface area contributed by atoms with Crippen molar-refractivity contribution in [1.29, 1.82) is 0 Å². The van der Waals surface area contributed by atoms with Gasteiger partial charge >= 0.3 is 0 Å². The average Bonchev–Trinajstić information content (AvgIpc) is 2.49. The van der Waals surface area contributed by atoms with E-state index in [0.717, 1.165) is 5.56 Å². The minimum atomic E-state index is -0.315. The number of hydrogen-bond donors (Lipinski definition) is 2. The molecule has 0 saturated carbocycles. The molecule has 2 aromatic carbocycles. The molecule has 1 unspecified atom stereocenters. The van der Waals surface area contributed by atoms with Gasteiger partial charge in [0.1, 0.15) is 11.6 Å². The second-order valence-corrected chi connectivity index (χ2v) is 5.16. The lowest BCUT2D eigenvalue weighted by Crippen LogP contribution is -2.32. The predicted octanol–water partition coefficient (Wildman–Crippen LogP) is 3.56. The minimum absolute atomic E-state index is 0.0357. The zero-order valence-electron chi connectivity index (χ0n) is 12.5. The number of carbonyl (C=O) groups excluding carboxylic acids is 1. The molecule has 0 saturated heterocycles. The summed E-state index contributed by atoms with van der Waals surface area (Å²) >= 11 is 0. The Labute approximate surface area is 128 Å². The first-order valence-corrected chi connectivity index (χ1v) is 7.00. The van der Waals surface area contributed by atoms with Crippen molar-refractivity contribution in [2.24, 2.45) is 0 Å². The molecule has 0 fully saturated rings. The number of carbonyl (C=O) groups is 1. The number of halogens is 2. The van der Waals surface area contributed by atoms with Gasteiger partial charge in [-0.2, -0.15) is 0 Å². The molecule has 0 radical (unpaired) electrons. The van der Waals surface area contributed by atoms with Crippen LogP contribution in [0, 0.1) is 18.6 Å². The second kappa shape index (κ2) is 7.02. The molecule has 2 rings (SSSR count). The normalized spacial score (nSPS) is 11.8. The zero-order valence-corrected chi connectivity index (χ0v) is 12.5. The van der Waals surface area contributed by atoms with Crippen LogP contribution in [0.5, 0.6) is 0 Å². The Bertz CT molecular complexity index is 656. The van der Waals surface area contributed by atoms with Crippen LogP contribution in [-0.2, 0) is 4.79 Å². The average molecular weight is 304 g/mol. The smallest absolute Gasteiger partial charge is 0.239 e. The molecule has 0 aromatic heterocycles. The third-order valence-corrected chi connectivity index (χ3v) is 3.37. The highest BCUT2D eigenvalue weighted by Gasteiger charge is 2.09. The van der Waals surface area contributed by atoms with Crippen LogP contribution in [0.3, 0.4) is 0 Å². The molecule has 0 bridgehead atoms. The molecule has 1 amide bonds. The van der Waals surface area contributed by atoms with Gasteiger partial charge < -0.3 is 10.6 Å². The SMILES string of the molecule is Cc1ccc(NCC(=O)NC(C)c2ccc(F)cc2)cc1F. The maximum atomic E-state index is 13.4. The van der Waals surface area contributed by atoms with E-state index in [2.05, 4.69) is 10.6 Å². The third kappa shape index (κ3) is 4.28. The van der Waals surface area contributed by atoms with Crippen LogP contribution in [-0.4, -0.2) is 12.5 Å². The van der Waals surface area contributed by atoms with E-state index >= 15 is 0 Å². The van der Waals surface area contributed by atoms with Crippen LogP contribution < -0.4 is 10.6 Å². The summed E-state index contributed by atoms with van der Waals surface area (Å²) in [5.41, 5.74) is 1.92. The van der Waals surface area contributed by atoms with Gasteiger partial charge in [0.25, 0.3) is 0 Å². The fraction of sp³-hybridized carbons (Fsp3) is 0.235. The van der Waals surface area contributed by atoms with Gasteiger partial charge in [0.2, 0.25) is 5.91 Å². The molecular formula is C17H18F2N2O. The molecule has 22 heavy (non-hydrogen) atoms. The van der Waals surface area contributed by atoms with Crippen LogP contribution in [0.1, 0.15) is 24.1 Å². The van der Waals surface area contributed by atoms with Crippen LogP contribution >= 0.6 is 0 Å². The number of benzene rings is 2. The molecule has 0 heterocycles. The summed E-state index contributed by atoms with van der Waals surface area (Å²) < 4.78 is 26.3. The molecule has 2 aromatic rings. The van der Waals surface area contributed by atoms with Crippen LogP contribution in [0.15, 0.2) is 42.5 Å². The quantitative estimate of drug-likeness (QED) is 0.887. The Kier molecular flexibility index (Phi) is 5.09. The summed E-state index contributed by atoms with van der Waals surface area (Å²) in [5, 5.41) is 5.66. The highest BCUT2D eigenvalue weighted by Crippen LogP contribution is 2.14. The van der Waals surface area contributed by atoms with Crippen LogP contribution in [0.4, 0.5) is 14.5 Å². The lowest BCUT2D eigenvalue weighted by atomic mass is 10.1. The van der Waals surface area contributed by atoms with Crippen molar-refractivity contribution in [3.63, 3.8) is 0 Å². The predicted molar refractivity (Wildman–Crippen MR) is 82.6 cm³/mol. The summed E-state index contributed by atoms with van der Waals surface area (Å²) in [4.78, 5) is 11.9. The first-order chi connectivity index (χ1) is 10.5. The van der Waals surface area contributed by atoms with Gasteiger partial charge in [-0.15, -0.1) is 0 Å². The van der Waals surface area contributed by atoms with E-state index in [9.17, 15) is 13.6 Å². The maximum Gasteiger partial charge on any atom is 0.239 e. The molecule has 3 nitrogen and oxygen atoms in total. The fourth-order valence-electron chi connectivity index (χ4n) is 2.01. The Morgan fingerprint density at radius 2 is 1.82 bits per heavy atom. The lowest BCUT2D eigenvalue weighted by Gasteiger charge is -2.15. The largest absolute Gasteiger partial charge is 0.376 e. The van der Waals surface area contributed by atoms with E-state index in [1.165, 1.54) is 18.2 Å². The van der Waals surface area contributed by atoms with Gasteiger partial charge in [-0.05, 0) is 49.2 Å². The lowest BCUT2D eigenvalue weighted by molar-refractivity contribution is -0.120. The van der Waals surface area contributed by atoms with Crippen molar-refractivity contribution in [2.45, 2.75) is 19.9 Å². The molecule has 0 aliphatic carbocycles. The molecular weight excluding hydrogens is 286 g/mol. The fourth-order valence-corrected chi connectivity index (χ4v) is 2.01. The van der Waals surface area contributed by atoms with Gasteiger partial charge in [0.15, 0.2) is 0 Å². The first kappa shape index (κ1) is 15.9. The van der Waals surface area contributed by atoms with E-state index < -0.39 is 0 Å². The van der Waals surface area contributed by atoms with E-state index in [1.807, 2.05) is 6.92 Å². The zero-order chi connectivity index (χ0) is 16.1. The third-order valence-electron chi connectivity index (χ3n) is 3.37. The monoisotopic (exact) mass is 304 g/mol. The van der Waals surface area contributed by atoms with Gasteiger partial charge in [-0.25, -0.2) is 8.78 Å². The van der Waals surface area contributed by atoms with Gasteiger partial charge in [0.05, 0.1) is 12.6 Å². The van der Waals surface area contributed by atoms with Gasteiger partial charge in [-0.1, -0.05) is 18.2 Å². The van der Waals surface area contributed by atoms with E-state index in [1.54, 1.807) is 31.2 Å². The van der Waals surface area contributed by atoms with E-state index in [0.29, 0.717) is 11.3 Å². The van der Waals surface area contributed by atoms with E-state index in [-0.39, 0.29) is 30.1 Å². The van der Waals surface area contributed by atoms with Gasteiger partial charge in [-0.3, -0.25) is 4.79 Å². The van der Waals surface area contributed by atoms with Crippen molar-refractivity contribution in [3.8, 4) is 0 Å². The first-order valence-electron chi connectivity index (χ1n) is 7.00. The van der Waals surface area contributed by atoms with Crippen molar-refractivity contribution in [2.75, 3.05) is 11.9 Å². The molecule has 0 aliphatic rings. The summed E-state index contributed by atoms with van der Waals surface area (Å²) in [6, 6.07) is 10.4. The molecule has 5 heteroatoms. The Morgan fingerprint density at radius 1 is 1.14 bits per heavy atom. The molecule has 1 atom stereocenters. The van der Waals surface area contributed by atoms with Crippen molar-refractivity contribution < 1.29 is 13.6 Å². The molecule has 0 spiro atoms. The van der Waals surface area contributed by atoms with Gasteiger partial charge in [0, 0.05) is 5.69 Å². The number of hydrogen-bond acceptors (Lipinski definition) is 2. The Morgan fingerprint density at radius 3 is 2.45 bits per heavy atom. The number of rotatable bonds is 5. The van der Waals surface area contributed by atoms with Crippen LogP contribution in [0.25, 0.3) is 0 Å². The minimum Gasteiger partial charge on any atom is -0.376 e. The Balaban J connectivity index is 1.87. The maximum absolute atomic E-state index is 13.4. The summed E-state index contributed by atoms with van der Waals surface area (Å²) in [6.07, 6.45) is 0.